The molecule has 0 spiro atoms. The fourth-order valence-electron chi connectivity index (χ4n) is 3.92. The number of piperazine rings is 2. The van der Waals surface area contributed by atoms with Crippen molar-refractivity contribution in [2.24, 2.45) is 4.99 Å². The van der Waals surface area contributed by atoms with Crippen LogP contribution in [0.1, 0.15) is 33.6 Å². The summed E-state index contributed by atoms with van der Waals surface area (Å²) in [6, 6.07) is -1.39. The Morgan fingerprint density at radius 3 is 2.10 bits per heavy atom. The Hall–Kier alpha value is -1.06. The first-order valence-corrected chi connectivity index (χ1v) is 11.1. The molecule has 2 rings (SSSR count). The normalized spacial score (nSPS) is 22.1. The van der Waals surface area contributed by atoms with Gasteiger partial charge >= 0.3 is 6.18 Å². The summed E-state index contributed by atoms with van der Waals surface area (Å²) in [5.74, 6) is 0.836. The zero-order chi connectivity index (χ0) is 21.3. The number of guanidine groups is 1. The molecule has 2 heterocycles. The molecule has 0 bridgehead atoms. The molecule has 29 heavy (non-hydrogen) atoms. The quantitative estimate of drug-likeness (QED) is 0.369. The summed E-state index contributed by atoms with van der Waals surface area (Å²) in [4.78, 5) is 13.3. The molecule has 2 aliphatic rings. The average molecular weight is 421 g/mol. The van der Waals surface area contributed by atoms with Crippen LogP contribution in [0.2, 0.25) is 0 Å². The number of likely N-dealkylation sites (N-methyl/N-ethyl adjacent to an activating group) is 1. The first-order valence-electron chi connectivity index (χ1n) is 11.1. The van der Waals surface area contributed by atoms with E-state index in [2.05, 4.69) is 26.9 Å². The Kier molecular flexibility index (Phi) is 9.98. The van der Waals surface area contributed by atoms with E-state index >= 15 is 0 Å². The van der Waals surface area contributed by atoms with E-state index in [4.69, 9.17) is 4.99 Å². The van der Waals surface area contributed by atoms with Gasteiger partial charge in [0.15, 0.2) is 5.96 Å². The molecule has 0 aromatic carbocycles. The van der Waals surface area contributed by atoms with Gasteiger partial charge in [0.2, 0.25) is 0 Å². The van der Waals surface area contributed by atoms with Crippen LogP contribution in [0, 0.1) is 0 Å². The van der Waals surface area contributed by atoms with Crippen molar-refractivity contribution in [3.05, 3.63) is 0 Å². The molecule has 0 saturated carbocycles. The Morgan fingerprint density at radius 2 is 1.55 bits per heavy atom. The minimum absolute atomic E-state index is 0.412. The fourth-order valence-corrected chi connectivity index (χ4v) is 3.92. The lowest BCUT2D eigenvalue weighted by atomic mass is 10.2. The van der Waals surface area contributed by atoms with Gasteiger partial charge in [-0.1, -0.05) is 6.92 Å². The number of hydrogen-bond acceptors (Lipinski definition) is 4. The number of nitrogens with zero attached hydrogens (tertiary/aromatic N) is 5. The van der Waals surface area contributed by atoms with E-state index in [9.17, 15) is 13.2 Å². The third-order valence-electron chi connectivity index (χ3n) is 6.03. The third-order valence-corrected chi connectivity index (χ3v) is 6.03. The number of hydrogen-bond donors (Lipinski definition) is 1. The average Bonchev–Trinajstić information content (AvgIpc) is 2.72. The Labute approximate surface area is 174 Å². The highest BCUT2D eigenvalue weighted by atomic mass is 19.4. The van der Waals surface area contributed by atoms with Crippen molar-refractivity contribution in [3.8, 4) is 0 Å². The zero-order valence-corrected chi connectivity index (χ0v) is 18.3. The van der Waals surface area contributed by atoms with Gasteiger partial charge in [0.25, 0.3) is 0 Å². The number of unbranched alkanes of at least 4 members (excludes halogenated alkanes) is 1. The van der Waals surface area contributed by atoms with Crippen LogP contribution in [0.5, 0.6) is 0 Å². The van der Waals surface area contributed by atoms with Gasteiger partial charge in [-0.2, -0.15) is 13.2 Å². The van der Waals surface area contributed by atoms with Crippen molar-refractivity contribution in [2.75, 3.05) is 78.5 Å². The summed E-state index contributed by atoms with van der Waals surface area (Å²) in [5.41, 5.74) is 0. The van der Waals surface area contributed by atoms with E-state index in [0.717, 1.165) is 71.2 Å². The zero-order valence-electron chi connectivity index (χ0n) is 18.3. The van der Waals surface area contributed by atoms with Gasteiger partial charge in [0.05, 0.1) is 0 Å². The van der Waals surface area contributed by atoms with Crippen LogP contribution >= 0.6 is 0 Å². The molecule has 1 N–H and O–H groups in total. The molecule has 0 amide bonds. The summed E-state index contributed by atoms with van der Waals surface area (Å²) in [6.07, 6.45) is -2.00. The minimum Gasteiger partial charge on any atom is -0.357 e. The van der Waals surface area contributed by atoms with E-state index < -0.39 is 12.2 Å². The van der Waals surface area contributed by atoms with Crippen LogP contribution in [0.4, 0.5) is 13.2 Å². The SMILES string of the molecule is CCNC(=NCCCCN1CCN(CC)CC1)N1CCN(C(C)C(F)(F)F)CC1. The second kappa shape index (κ2) is 12.0. The predicted octanol–water partition coefficient (Wildman–Crippen LogP) is 1.94. The van der Waals surface area contributed by atoms with Gasteiger partial charge in [0, 0.05) is 65.4 Å². The smallest absolute Gasteiger partial charge is 0.357 e. The van der Waals surface area contributed by atoms with Gasteiger partial charge < -0.3 is 20.0 Å². The molecule has 2 saturated heterocycles. The Balaban J connectivity index is 1.70. The molecule has 1 atom stereocenters. The maximum absolute atomic E-state index is 12.9. The predicted molar refractivity (Wildman–Crippen MR) is 112 cm³/mol. The first kappa shape index (κ1) is 24.2. The summed E-state index contributed by atoms with van der Waals surface area (Å²) < 4.78 is 38.8. The van der Waals surface area contributed by atoms with E-state index in [1.54, 1.807) is 0 Å². The van der Waals surface area contributed by atoms with E-state index in [-0.39, 0.29) is 0 Å². The van der Waals surface area contributed by atoms with Gasteiger partial charge in [-0.25, -0.2) is 0 Å². The number of nitrogens with one attached hydrogen (secondary N) is 1. The van der Waals surface area contributed by atoms with Crippen molar-refractivity contribution in [1.82, 2.24) is 24.9 Å². The molecule has 2 fully saturated rings. The van der Waals surface area contributed by atoms with Gasteiger partial charge in [0.1, 0.15) is 6.04 Å². The van der Waals surface area contributed by atoms with Crippen LogP contribution in [0.15, 0.2) is 4.99 Å². The molecule has 9 heteroatoms. The maximum atomic E-state index is 12.9. The van der Waals surface area contributed by atoms with E-state index in [1.165, 1.54) is 11.8 Å². The topological polar surface area (TPSA) is 37.4 Å². The van der Waals surface area contributed by atoms with Crippen molar-refractivity contribution in [3.63, 3.8) is 0 Å². The lowest BCUT2D eigenvalue weighted by Crippen LogP contribution is -2.56. The minimum atomic E-state index is -4.16. The van der Waals surface area contributed by atoms with Crippen LogP contribution in [-0.2, 0) is 0 Å². The van der Waals surface area contributed by atoms with E-state index in [1.807, 2.05) is 6.92 Å². The Bertz CT molecular complexity index is 483. The molecule has 2 aliphatic heterocycles. The monoisotopic (exact) mass is 420 g/mol. The molecule has 170 valence electrons. The first-order chi connectivity index (χ1) is 13.8. The standard InChI is InChI=1S/C20H39F3N6/c1-4-24-19(29-16-14-28(15-17-29)18(3)20(21,22)23)25-8-6-7-9-27-12-10-26(5-2)11-13-27/h18H,4-17H2,1-3H3,(H,24,25). The van der Waals surface area contributed by atoms with Crippen molar-refractivity contribution < 1.29 is 13.2 Å². The summed E-state index contributed by atoms with van der Waals surface area (Å²) in [5, 5.41) is 3.30. The number of halogens is 3. The molecular weight excluding hydrogens is 381 g/mol. The molecule has 0 aliphatic carbocycles. The highest BCUT2D eigenvalue weighted by molar-refractivity contribution is 5.80. The number of rotatable bonds is 8. The van der Waals surface area contributed by atoms with E-state index in [0.29, 0.717) is 26.2 Å². The molecule has 0 aromatic rings. The molecule has 0 radical (unpaired) electrons. The highest BCUT2D eigenvalue weighted by Gasteiger charge is 2.41. The van der Waals surface area contributed by atoms with Crippen LogP contribution in [0.3, 0.4) is 0 Å². The number of aliphatic imine (C=N–C) groups is 1. The van der Waals surface area contributed by atoms with Crippen LogP contribution in [-0.4, -0.2) is 116 Å². The fraction of sp³-hybridized carbons (Fsp3) is 0.950. The van der Waals surface area contributed by atoms with Crippen LogP contribution < -0.4 is 5.32 Å². The molecular formula is C20H39F3N6. The van der Waals surface area contributed by atoms with Crippen molar-refractivity contribution >= 4 is 5.96 Å². The van der Waals surface area contributed by atoms with Gasteiger partial charge in [-0.3, -0.25) is 9.89 Å². The summed E-state index contributed by atoms with van der Waals surface area (Å²) in [6.45, 7) is 15.9. The lowest BCUT2D eigenvalue weighted by Gasteiger charge is -2.39. The second-order valence-electron chi connectivity index (χ2n) is 7.96. The molecule has 6 nitrogen and oxygen atoms in total. The third kappa shape index (κ3) is 7.94. The largest absolute Gasteiger partial charge is 0.403 e. The summed E-state index contributed by atoms with van der Waals surface area (Å²) >= 11 is 0. The van der Waals surface area contributed by atoms with Gasteiger partial charge in [-0.05, 0) is 39.8 Å². The van der Waals surface area contributed by atoms with Crippen molar-refractivity contribution in [1.29, 1.82) is 0 Å². The number of alkyl halides is 3. The second-order valence-corrected chi connectivity index (χ2v) is 7.96. The molecule has 1 unspecified atom stereocenters. The van der Waals surface area contributed by atoms with Crippen molar-refractivity contribution in [2.45, 2.75) is 45.8 Å². The Morgan fingerprint density at radius 1 is 0.931 bits per heavy atom. The molecule has 0 aromatic heterocycles. The van der Waals surface area contributed by atoms with Crippen LogP contribution in [0.25, 0.3) is 0 Å². The summed E-state index contributed by atoms with van der Waals surface area (Å²) in [7, 11) is 0. The highest BCUT2D eigenvalue weighted by Crippen LogP contribution is 2.25. The maximum Gasteiger partial charge on any atom is 0.403 e. The van der Waals surface area contributed by atoms with Gasteiger partial charge in [-0.15, -0.1) is 0 Å². The lowest BCUT2D eigenvalue weighted by molar-refractivity contribution is -0.181.